The predicted octanol–water partition coefficient (Wildman–Crippen LogP) is 3.05. The number of hydrogen-bond donors (Lipinski definition) is 0. The summed E-state index contributed by atoms with van der Waals surface area (Å²) >= 11 is 0. The first-order valence-corrected chi connectivity index (χ1v) is 4.97. The van der Waals surface area contributed by atoms with Crippen LogP contribution in [-0.2, 0) is 6.42 Å². The normalized spacial score (nSPS) is 11.8. The van der Waals surface area contributed by atoms with Crippen molar-refractivity contribution in [2.75, 3.05) is 0 Å². The van der Waals surface area contributed by atoms with Crippen LogP contribution in [0.2, 0.25) is 0 Å². The largest absolute Gasteiger partial charge is 0.259 e. The molecule has 0 radical (unpaired) electrons. The average molecular weight is 205 g/mol. The molecule has 0 saturated carbocycles. The highest BCUT2D eigenvalue weighted by atomic mass is 16.6. The Kier molecular flexibility index (Phi) is 4.03. The molecule has 15 heavy (non-hydrogen) atoms. The van der Waals surface area contributed by atoms with Crippen LogP contribution in [0.4, 0.5) is 0 Å². The zero-order chi connectivity index (χ0) is 11.3. The van der Waals surface area contributed by atoms with Gasteiger partial charge in [-0.2, -0.15) is 0 Å². The van der Waals surface area contributed by atoms with E-state index in [1.165, 1.54) is 0 Å². The van der Waals surface area contributed by atoms with Crippen molar-refractivity contribution in [2.45, 2.75) is 20.3 Å². The van der Waals surface area contributed by atoms with Crippen molar-refractivity contribution in [1.29, 1.82) is 0 Å². The lowest BCUT2D eigenvalue weighted by Crippen LogP contribution is -2.01. The van der Waals surface area contributed by atoms with E-state index in [2.05, 4.69) is 0 Å². The van der Waals surface area contributed by atoms with Gasteiger partial charge in [0.25, 0.3) is 0 Å². The monoisotopic (exact) mass is 205 g/mol. The molecule has 0 aliphatic rings. The van der Waals surface area contributed by atoms with Crippen LogP contribution in [0.5, 0.6) is 0 Å². The topological polar surface area (TPSA) is 43.1 Å². The minimum absolute atomic E-state index is 0.204. The van der Waals surface area contributed by atoms with Gasteiger partial charge in [-0.1, -0.05) is 44.2 Å². The van der Waals surface area contributed by atoms with Crippen molar-refractivity contribution >= 4 is 0 Å². The van der Waals surface area contributed by atoms with Crippen LogP contribution in [0.1, 0.15) is 19.4 Å². The molecule has 0 amide bonds. The molecule has 0 N–H and O–H groups in total. The summed E-state index contributed by atoms with van der Waals surface area (Å²) in [6.45, 7) is 3.94. The molecular weight excluding hydrogens is 190 g/mol. The number of allylic oxidation sites excluding steroid dienone is 1. The Morgan fingerprint density at radius 3 is 2.47 bits per heavy atom. The van der Waals surface area contributed by atoms with Gasteiger partial charge < -0.3 is 0 Å². The second-order valence-electron chi connectivity index (χ2n) is 3.81. The van der Waals surface area contributed by atoms with E-state index in [0.29, 0.717) is 6.42 Å². The highest BCUT2D eigenvalue weighted by Crippen LogP contribution is 2.15. The summed E-state index contributed by atoms with van der Waals surface area (Å²) in [5.74, 6) is 0.204. The molecule has 80 valence electrons. The minimum atomic E-state index is -0.377. The molecule has 0 fully saturated rings. The van der Waals surface area contributed by atoms with Crippen molar-refractivity contribution in [3.63, 3.8) is 0 Å². The fourth-order valence-electron chi connectivity index (χ4n) is 1.37. The first kappa shape index (κ1) is 11.4. The highest BCUT2D eigenvalue weighted by molar-refractivity contribution is 5.21. The Hall–Kier alpha value is -1.64. The van der Waals surface area contributed by atoms with Gasteiger partial charge in [0.2, 0.25) is 6.20 Å². The van der Waals surface area contributed by atoms with E-state index >= 15 is 0 Å². The third-order valence-corrected chi connectivity index (χ3v) is 2.26. The van der Waals surface area contributed by atoms with Crippen LogP contribution in [-0.4, -0.2) is 4.92 Å². The average Bonchev–Trinajstić information content (AvgIpc) is 2.17. The van der Waals surface area contributed by atoms with Crippen LogP contribution in [0, 0.1) is 16.0 Å². The summed E-state index contributed by atoms with van der Waals surface area (Å²) in [6.07, 6.45) is 1.77. The van der Waals surface area contributed by atoms with Gasteiger partial charge in [0, 0.05) is 5.57 Å². The molecule has 0 atom stereocenters. The lowest BCUT2D eigenvalue weighted by Gasteiger charge is -2.08. The maximum Gasteiger partial charge on any atom is 0.234 e. The maximum atomic E-state index is 10.4. The molecule has 0 saturated heterocycles. The van der Waals surface area contributed by atoms with E-state index < -0.39 is 0 Å². The zero-order valence-electron chi connectivity index (χ0n) is 9.01. The summed E-state index contributed by atoms with van der Waals surface area (Å²) < 4.78 is 0. The molecule has 3 heteroatoms. The molecule has 1 rings (SSSR count). The molecular formula is C12H15NO2. The van der Waals surface area contributed by atoms with Gasteiger partial charge in [-0.25, -0.2) is 0 Å². The smallest absolute Gasteiger partial charge is 0.234 e. The third-order valence-electron chi connectivity index (χ3n) is 2.26. The second-order valence-corrected chi connectivity index (χ2v) is 3.81. The Labute approximate surface area is 89.6 Å². The van der Waals surface area contributed by atoms with Crippen molar-refractivity contribution in [3.05, 3.63) is 57.8 Å². The summed E-state index contributed by atoms with van der Waals surface area (Å²) in [5.41, 5.74) is 1.96. The maximum absolute atomic E-state index is 10.4. The molecule has 1 aromatic carbocycles. The molecule has 3 nitrogen and oxygen atoms in total. The predicted molar refractivity (Wildman–Crippen MR) is 60.1 cm³/mol. The van der Waals surface area contributed by atoms with Gasteiger partial charge in [0.15, 0.2) is 0 Å². The number of nitrogens with zero attached hydrogens (tertiary/aromatic N) is 1. The summed E-state index contributed by atoms with van der Waals surface area (Å²) in [4.78, 5) is 10.1. The molecule has 0 aliphatic carbocycles. The van der Waals surface area contributed by atoms with Crippen LogP contribution in [0.25, 0.3) is 0 Å². The highest BCUT2D eigenvalue weighted by Gasteiger charge is 2.08. The van der Waals surface area contributed by atoms with Crippen molar-refractivity contribution in [1.82, 2.24) is 0 Å². The van der Waals surface area contributed by atoms with Crippen LogP contribution >= 0.6 is 0 Å². The quantitative estimate of drug-likeness (QED) is 0.560. The molecule has 0 bridgehead atoms. The van der Waals surface area contributed by atoms with Crippen molar-refractivity contribution in [2.24, 2.45) is 5.92 Å². The van der Waals surface area contributed by atoms with Crippen LogP contribution in [0.15, 0.2) is 42.1 Å². The van der Waals surface area contributed by atoms with Crippen molar-refractivity contribution in [3.8, 4) is 0 Å². The Bertz CT molecular complexity index is 355. The van der Waals surface area contributed by atoms with E-state index in [1.54, 1.807) is 0 Å². The Morgan fingerprint density at radius 2 is 2.00 bits per heavy atom. The first-order chi connectivity index (χ1) is 7.09. The summed E-state index contributed by atoms with van der Waals surface area (Å²) in [7, 11) is 0. The van der Waals surface area contributed by atoms with Crippen LogP contribution < -0.4 is 0 Å². The van der Waals surface area contributed by atoms with Gasteiger partial charge in [-0.05, 0) is 17.9 Å². The zero-order valence-corrected chi connectivity index (χ0v) is 9.01. The van der Waals surface area contributed by atoms with Crippen LogP contribution in [0.3, 0.4) is 0 Å². The SMILES string of the molecule is CC(C)C(=C[N+](=O)[O-])Cc1ccccc1. The first-order valence-electron chi connectivity index (χ1n) is 4.97. The van der Waals surface area contributed by atoms with Crippen molar-refractivity contribution < 1.29 is 4.92 Å². The number of benzene rings is 1. The fraction of sp³-hybridized carbons (Fsp3) is 0.333. The van der Waals surface area contributed by atoms with E-state index in [9.17, 15) is 10.1 Å². The molecule has 0 unspecified atom stereocenters. The number of rotatable bonds is 4. The summed E-state index contributed by atoms with van der Waals surface area (Å²) in [6, 6.07) is 9.79. The molecule has 0 heterocycles. The second kappa shape index (κ2) is 5.29. The molecule has 1 aromatic rings. The third kappa shape index (κ3) is 3.94. The minimum Gasteiger partial charge on any atom is -0.259 e. The molecule has 0 aromatic heterocycles. The van der Waals surface area contributed by atoms with E-state index in [0.717, 1.165) is 17.3 Å². The van der Waals surface area contributed by atoms with Gasteiger partial charge in [0.05, 0.1) is 4.92 Å². The standard InChI is InChI=1S/C12H15NO2/c1-10(2)12(9-13(14)15)8-11-6-4-3-5-7-11/h3-7,9-10H,8H2,1-2H3. The van der Waals surface area contributed by atoms with Gasteiger partial charge >= 0.3 is 0 Å². The fourth-order valence-corrected chi connectivity index (χ4v) is 1.37. The lowest BCUT2D eigenvalue weighted by molar-refractivity contribution is -0.403. The van der Waals surface area contributed by atoms with Gasteiger partial charge in [-0.3, -0.25) is 10.1 Å². The van der Waals surface area contributed by atoms with E-state index in [4.69, 9.17) is 0 Å². The Balaban J connectivity index is 2.81. The van der Waals surface area contributed by atoms with Gasteiger partial charge in [-0.15, -0.1) is 0 Å². The lowest BCUT2D eigenvalue weighted by atomic mass is 9.97. The number of hydrogen-bond acceptors (Lipinski definition) is 2. The van der Waals surface area contributed by atoms with E-state index in [1.807, 2.05) is 44.2 Å². The van der Waals surface area contributed by atoms with Gasteiger partial charge in [0.1, 0.15) is 0 Å². The molecule has 0 aliphatic heterocycles. The van der Waals surface area contributed by atoms with E-state index in [-0.39, 0.29) is 10.8 Å². The number of nitro groups is 1. The summed E-state index contributed by atoms with van der Waals surface area (Å²) in [5, 5.41) is 10.4. The Morgan fingerprint density at radius 1 is 1.40 bits per heavy atom. The molecule has 0 spiro atoms.